The molecule has 3 nitrogen and oxygen atoms in total. The van der Waals surface area contributed by atoms with Crippen molar-refractivity contribution in [3.05, 3.63) is 125 Å². The molecule has 4 aromatic carbocycles. The number of rotatable bonds is 5. The molecule has 5 aromatic rings. The largest absolute Gasteiger partial charge is 0.457 e. The predicted molar refractivity (Wildman–Crippen MR) is 136 cm³/mol. The van der Waals surface area contributed by atoms with Crippen molar-refractivity contribution in [2.45, 2.75) is 6.61 Å². The second kappa shape index (κ2) is 9.39. The van der Waals surface area contributed by atoms with E-state index in [-0.39, 0.29) is 12.6 Å². The maximum atomic E-state index is 13.1. The summed E-state index contributed by atoms with van der Waals surface area (Å²) in [7, 11) is 0. The van der Waals surface area contributed by atoms with Gasteiger partial charge in [0.2, 0.25) is 0 Å². The molecule has 0 radical (unpaired) electrons. The number of ether oxygens (including phenoxy) is 1. The fraction of sp³-hybridized carbons (Fsp3) is 0.0345. The molecular formula is C29H20BrNO2. The van der Waals surface area contributed by atoms with Gasteiger partial charge in [-0.05, 0) is 41.0 Å². The highest BCUT2D eigenvalue weighted by Crippen LogP contribution is 2.28. The van der Waals surface area contributed by atoms with Gasteiger partial charge in [-0.15, -0.1) is 0 Å². The SMILES string of the molecule is O=C(OCc1ccc(Br)cc1)c1cc(-c2ccc(-c3ccccc3)cc2)nc2ccccc12. The first-order chi connectivity index (χ1) is 16.2. The number of fused-ring (bicyclic) bond motifs is 1. The van der Waals surface area contributed by atoms with Crippen LogP contribution in [0.2, 0.25) is 0 Å². The van der Waals surface area contributed by atoms with Crippen molar-refractivity contribution >= 4 is 32.8 Å². The summed E-state index contributed by atoms with van der Waals surface area (Å²) in [5.74, 6) is -0.362. The summed E-state index contributed by atoms with van der Waals surface area (Å²) in [6.45, 7) is 0.212. The number of benzene rings is 4. The molecular weight excluding hydrogens is 474 g/mol. The van der Waals surface area contributed by atoms with Crippen LogP contribution in [0.4, 0.5) is 0 Å². The number of aromatic nitrogens is 1. The van der Waals surface area contributed by atoms with E-state index in [9.17, 15) is 4.79 Å². The van der Waals surface area contributed by atoms with E-state index in [1.54, 1.807) is 0 Å². The van der Waals surface area contributed by atoms with E-state index in [1.165, 1.54) is 0 Å². The lowest BCUT2D eigenvalue weighted by Crippen LogP contribution is -2.07. The van der Waals surface area contributed by atoms with E-state index >= 15 is 0 Å². The fourth-order valence-corrected chi connectivity index (χ4v) is 4.03. The zero-order chi connectivity index (χ0) is 22.6. The Hall–Kier alpha value is -3.76. The molecule has 1 aromatic heterocycles. The van der Waals surface area contributed by atoms with Gasteiger partial charge >= 0.3 is 5.97 Å². The summed E-state index contributed by atoms with van der Waals surface area (Å²) < 4.78 is 6.63. The van der Waals surface area contributed by atoms with E-state index in [4.69, 9.17) is 9.72 Å². The van der Waals surface area contributed by atoms with Gasteiger partial charge in [0.15, 0.2) is 0 Å². The average Bonchev–Trinajstić information content (AvgIpc) is 2.88. The number of pyridine rings is 1. The Labute approximate surface area is 200 Å². The van der Waals surface area contributed by atoms with E-state index in [0.29, 0.717) is 5.56 Å². The standard InChI is InChI=1S/C29H20BrNO2/c30-24-16-10-20(11-17-24)19-33-29(32)26-18-28(31-27-9-5-4-8-25(26)27)23-14-12-22(13-15-23)21-6-2-1-3-7-21/h1-18H,19H2. The number of esters is 1. The lowest BCUT2D eigenvalue weighted by atomic mass is 10.0. The number of carbonyl (C=O) groups excluding carboxylic acids is 1. The van der Waals surface area contributed by atoms with Crippen molar-refractivity contribution in [3.8, 4) is 22.4 Å². The Kier molecular flexibility index (Phi) is 6.01. The monoisotopic (exact) mass is 493 g/mol. The Morgan fingerprint density at radius 1 is 0.727 bits per heavy atom. The minimum Gasteiger partial charge on any atom is -0.457 e. The van der Waals surface area contributed by atoms with Gasteiger partial charge in [-0.1, -0.05) is 101 Å². The van der Waals surface area contributed by atoms with Crippen LogP contribution in [0.3, 0.4) is 0 Å². The molecule has 0 saturated heterocycles. The molecule has 0 amide bonds. The molecule has 0 fully saturated rings. The van der Waals surface area contributed by atoms with Gasteiger partial charge in [0.1, 0.15) is 6.61 Å². The van der Waals surface area contributed by atoms with Crippen molar-refractivity contribution in [2.24, 2.45) is 0 Å². The van der Waals surface area contributed by atoms with E-state index in [1.807, 2.05) is 84.9 Å². The normalized spacial score (nSPS) is 10.8. The number of carbonyl (C=O) groups is 1. The number of hydrogen-bond acceptors (Lipinski definition) is 3. The molecule has 0 atom stereocenters. The summed E-state index contributed by atoms with van der Waals surface area (Å²) in [5.41, 5.74) is 6.19. The van der Waals surface area contributed by atoms with Crippen LogP contribution in [0, 0.1) is 0 Å². The van der Waals surface area contributed by atoms with Crippen LogP contribution in [0.1, 0.15) is 15.9 Å². The smallest absolute Gasteiger partial charge is 0.339 e. The fourth-order valence-electron chi connectivity index (χ4n) is 3.76. The van der Waals surface area contributed by atoms with E-state index in [2.05, 4.69) is 40.2 Å². The lowest BCUT2D eigenvalue weighted by molar-refractivity contribution is 0.0475. The maximum absolute atomic E-state index is 13.1. The first-order valence-electron chi connectivity index (χ1n) is 10.6. The van der Waals surface area contributed by atoms with Gasteiger partial charge in [0, 0.05) is 15.4 Å². The number of para-hydroxylation sites is 1. The molecule has 5 rings (SSSR count). The van der Waals surface area contributed by atoms with Crippen molar-refractivity contribution in [1.82, 2.24) is 4.98 Å². The topological polar surface area (TPSA) is 39.2 Å². The lowest BCUT2D eigenvalue weighted by Gasteiger charge is -2.11. The number of nitrogens with zero attached hydrogens (tertiary/aromatic N) is 1. The molecule has 0 spiro atoms. The summed E-state index contributed by atoms with van der Waals surface area (Å²) in [5, 5.41) is 0.781. The molecule has 0 aliphatic heterocycles. The molecule has 33 heavy (non-hydrogen) atoms. The van der Waals surface area contributed by atoms with Crippen molar-refractivity contribution in [3.63, 3.8) is 0 Å². The van der Waals surface area contributed by atoms with Crippen LogP contribution < -0.4 is 0 Å². The second-order valence-electron chi connectivity index (χ2n) is 7.72. The third-order valence-electron chi connectivity index (χ3n) is 5.51. The van der Waals surface area contributed by atoms with Crippen LogP contribution >= 0.6 is 15.9 Å². The summed E-state index contributed by atoms with van der Waals surface area (Å²) in [6, 6.07) is 35.7. The number of halogens is 1. The third kappa shape index (κ3) is 4.71. The highest BCUT2D eigenvalue weighted by molar-refractivity contribution is 9.10. The van der Waals surface area contributed by atoms with Gasteiger partial charge in [-0.2, -0.15) is 0 Å². The highest BCUT2D eigenvalue weighted by atomic mass is 79.9. The van der Waals surface area contributed by atoms with Crippen molar-refractivity contribution in [2.75, 3.05) is 0 Å². The van der Waals surface area contributed by atoms with Crippen LogP contribution in [0.25, 0.3) is 33.3 Å². The average molecular weight is 494 g/mol. The maximum Gasteiger partial charge on any atom is 0.339 e. The summed E-state index contributed by atoms with van der Waals surface area (Å²) in [4.78, 5) is 17.9. The van der Waals surface area contributed by atoms with Gasteiger partial charge in [0.25, 0.3) is 0 Å². The summed E-state index contributed by atoms with van der Waals surface area (Å²) >= 11 is 3.42. The molecule has 0 N–H and O–H groups in total. The quantitative estimate of drug-likeness (QED) is 0.235. The molecule has 4 heteroatoms. The van der Waals surface area contributed by atoms with Crippen LogP contribution in [0.5, 0.6) is 0 Å². The highest BCUT2D eigenvalue weighted by Gasteiger charge is 2.15. The second-order valence-corrected chi connectivity index (χ2v) is 8.63. The van der Waals surface area contributed by atoms with E-state index in [0.717, 1.165) is 43.3 Å². The molecule has 0 bridgehead atoms. The zero-order valence-corrected chi connectivity index (χ0v) is 19.3. The molecule has 1 heterocycles. The molecule has 0 aliphatic rings. The van der Waals surface area contributed by atoms with Gasteiger partial charge < -0.3 is 4.74 Å². The van der Waals surface area contributed by atoms with Crippen LogP contribution in [-0.4, -0.2) is 11.0 Å². The number of hydrogen-bond donors (Lipinski definition) is 0. The third-order valence-corrected chi connectivity index (χ3v) is 6.04. The molecule has 0 aliphatic carbocycles. The molecule has 0 saturated carbocycles. The predicted octanol–water partition coefficient (Wildman–Crippen LogP) is 7.69. The van der Waals surface area contributed by atoms with Gasteiger partial charge in [-0.3, -0.25) is 0 Å². The Balaban J connectivity index is 1.47. The molecule has 0 unspecified atom stereocenters. The van der Waals surface area contributed by atoms with Crippen molar-refractivity contribution in [1.29, 1.82) is 0 Å². The Morgan fingerprint density at radius 3 is 2.12 bits per heavy atom. The molecule has 160 valence electrons. The minimum atomic E-state index is -0.362. The first-order valence-corrected chi connectivity index (χ1v) is 11.4. The van der Waals surface area contributed by atoms with Gasteiger partial charge in [-0.25, -0.2) is 9.78 Å². The van der Waals surface area contributed by atoms with Gasteiger partial charge in [0.05, 0.1) is 16.8 Å². The summed E-state index contributed by atoms with van der Waals surface area (Å²) in [6.07, 6.45) is 0. The minimum absolute atomic E-state index is 0.212. The Bertz CT molecular complexity index is 1410. The van der Waals surface area contributed by atoms with Crippen molar-refractivity contribution < 1.29 is 9.53 Å². The van der Waals surface area contributed by atoms with E-state index < -0.39 is 0 Å². The van der Waals surface area contributed by atoms with Crippen LogP contribution in [-0.2, 0) is 11.3 Å². The van der Waals surface area contributed by atoms with Crippen LogP contribution in [0.15, 0.2) is 114 Å². The first kappa shape index (κ1) is 21.1. The zero-order valence-electron chi connectivity index (χ0n) is 17.7. The Morgan fingerprint density at radius 2 is 1.36 bits per heavy atom.